The largest absolute Gasteiger partial charge is 0.338 e. The van der Waals surface area contributed by atoms with Crippen molar-refractivity contribution in [2.24, 2.45) is 17.6 Å². The smallest absolute Gasteiger partial charge is 0.253 e. The number of likely N-dealkylation sites (tertiary alicyclic amines) is 1. The van der Waals surface area contributed by atoms with Gasteiger partial charge in [0, 0.05) is 30.2 Å². The van der Waals surface area contributed by atoms with Gasteiger partial charge in [-0.3, -0.25) is 4.79 Å². The van der Waals surface area contributed by atoms with Gasteiger partial charge in [0.2, 0.25) is 10.0 Å². The van der Waals surface area contributed by atoms with Crippen molar-refractivity contribution in [1.29, 1.82) is 0 Å². The molecule has 1 saturated heterocycles. The Balaban J connectivity index is 1.72. The predicted molar refractivity (Wildman–Crippen MR) is 96.6 cm³/mol. The molecule has 138 valence electrons. The maximum atomic E-state index is 12.7. The van der Waals surface area contributed by atoms with Crippen LogP contribution in [0.25, 0.3) is 0 Å². The molecule has 1 aliphatic heterocycles. The molecule has 1 aromatic carbocycles. The first-order chi connectivity index (χ1) is 11.6. The highest BCUT2D eigenvalue weighted by Crippen LogP contribution is 2.37. The fraction of sp³-hybridized carbons (Fsp3) is 0.611. The number of carbonyl (C=O) groups excluding carboxylic acids is 1. The first kappa shape index (κ1) is 18.4. The lowest BCUT2D eigenvalue weighted by molar-refractivity contribution is 0.0779. The minimum Gasteiger partial charge on any atom is -0.338 e. The summed E-state index contributed by atoms with van der Waals surface area (Å²) in [7, 11) is -3.59. The van der Waals surface area contributed by atoms with Crippen LogP contribution in [0.5, 0.6) is 0 Å². The number of sulfonamides is 1. The van der Waals surface area contributed by atoms with Crippen molar-refractivity contribution in [3.8, 4) is 0 Å². The molecule has 3 unspecified atom stereocenters. The maximum Gasteiger partial charge on any atom is 0.253 e. The van der Waals surface area contributed by atoms with Gasteiger partial charge in [-0.2, -0.15) is 0 Å². The van der Waals surface area contributed by atoms with Gasteiger partial charge in [0.15, 0.2) is 0 Å². The first-order valence-electron chi connectivity index (χ1n) is 8.76. The SMILES string of the molecule is CC(C)(C)NS(=O)(=O)c1ccc(C(=O)N2CC3CCC(N)C3C2)cc1. The van der Waals surface area contributed by atoms with Crippen LogP contribution in [0.4, 0.5) is 0 Å². The Hall–Kier alpha value is -1.44. The number of carbonyl (C=O) groups is 1. The minimum atomic E-state index is -3.59. The molecule has 25 heavy (non-hydrogen) atoms. The van der Waals surface area contributed by atoms with Crippen molar-refractivity contribution >= 4 is 15.9 Å². The molecule has 1 heterocycles. The van der Waals surface area contributed by atoms with E-state index >= 15 is 0 Å². The highest BCUT2D eigenvalue weighted by Gasteiger charge is 2.42. The molecule has 0 radical (unpaired) electrons. The van der Waals surface area contributed by atoms with E-state index in [1.165, 1.54) is 12.1 Å². The molecule has 3 atom stereocenters. The van der Waals surface area contributed by atoms with Gasteiger partial charge >= 0.3 is 0 Å². The zero-order valence-electron chi connectivity index (χ0n) is 15.0. The quantitative estimate of drug-likeness (QED) is 0.850. The molecule has 1 aromatic rings. The summed E-state index contributed by atoms with van der Waals surface area (Å²) in [5.74, 6) is 0.864. The molecule has 2 aliphatic rings. The Labute approximate surface area is 149 Å². The number of amides is 1. The molecule has 1 aliphatic carbocycles. The van der Waals surface area contributed by atoms with Crippen LogP contribution in [0.2, 0.25) is 0 Å². The number of rotatable bonds is 3. The van der Waals surface area contributed by atoms with Crippen LogP contribution in [0, 0.1) is 11.8 Å². The predicted octanol–water partition coefficient (Wildman–Crippen LogP) is 1.57. The molecule has 0 spiro atoms. The molecule has 3 rings (SSSR count). The molecule has 0 bridgehead atoms. The Morgan fingerprint density at radius 3 is 2.36 bits per heavy atom. The van der Waals surface area contributed by atoms with Gasteiger partial charge in [-0.15, -0.1) is 0 Å². The Morgan fingerprint density at radius 1 is 1.16 bits per heavy atom. The van der Waals surface area contributed by atoms with Crippen LogP contribution in [0.3, 0.4) is 0 Å². The third-order valence-corrected chi connectivity index (χ3v) is 6.83. The lowest BCUT2D eigenvalue weighted by Gasteiger charge is -2.21. The van der Waals surface area contributed by atoms with E-state index in [4.69, 9.17) is 5.73 Å². The molecule has 3 N–H and O–H groups in total. The van der Waals surface area contributed by atoms with Gasteiger partial charge in [0.1, 0.15) is 0 Å². The molecule has 0 aromatic heterocycles. The zero-order chi connectivity index (χ0) is 18.4. The highest BCUT2D eigenvalue weighted by atomic mass is 32.2. The first-order valence-corrected chi connectivity index (χ1v) is 10.2. The molecule has 2 fully saturated rings. The topological polar surface area (TPSA) is 92.5 Å². The van der Waals surface area contributed by atoms with Crippen molar-refractivity contribution < 1.29 is 13.2 Å². The molecule has 1 amide bonds. The standard InChI is InChI=1S/C18H27N3O3S/c1-18(2,3)20-25(23,24)14-7-4-12(5-8-14)17(22)21-10-13-6-9-16(19)15(13)11-21/h4-5,7-8,13,15-16,20H,6,9-11,19H2,1-3H3. The summed E-state index contributed by atoms with van der Waals surface area (Å²) in [6, 6.07) is 6.36. The van der Waals surface area contributed by atoms with Gasteiger partial charge in [-0.25, -0.2) is 13.1 Å². The lowest BCUT2D eigenvalue weighted by Crippen LogP contribution is -2.40. The summed E-state index contributed by atoms with van der Waals surface area (Å²) < 4.78 is 27.3. The monoisotopic (exact) mass is 365 g/mol. The number of hydrogen-bond donors (Lipinski definition) is 2. The van der Waals surface area contributed by atoms with E-state index in [2.05, 4.69) is 4.72 Å². The van der Waals surface area contributed by atoms with Crippen LogP contribution in [0.1, 0.15) is 44.0 Å². The lowest BCUT2D eigenvalue weighted by atomic mass is 9.98. The second-order valence-electron chi connectivity index (χ2n) is 8.26. The van der Waals surface area contributed by atoms with E-state index in [-0.39, 0.29) is 16.8 Å². The van der Waals surface area contributed by atoms with E-state index in [0.717, 1.165) is 19.4 Å². The van der Waals surface area contributed by atoms with Crippen molar-refractivity contribution in [3.63, 3.8) is 0 Å². The zero-order valence-corrected chi connectivity index (χ0v) is 15.8. The molecule has 6 nitrogen and oxygen atoms in total. The number of nitrogens with one attached hydrogen (secondary N) is 1. The summed E-state index contributed by atoms with van der Waals surface area (Å²) in [6.07, 6.45) is 2.13. The fourth-order valence-electron chi connectivity index (χ4n) is 3.89. The van der Waals surface area contributed by atoms with Crippen LogP contribution in [-0.4, -0.2) is 43.9 Å². The normalized spacial score (nSPS) is 26.7. The van der Waals surface area contributed by atoms with Gasteiger partial charge < -0.3 is 10.6 Å². The fourth-order valence-corrected chi connectivity index (χ4v) is 5.31. The van der Waals surface area contributed by atoms with Crippen molar-refractivity contribution in [1.82, 2.24) is 9.62 Å². The number of fused-ring (bicyclic) bond motifs is 1. The average molecular weight is 365 g/mol. The number of benzene rings is 1. The molecular weight excluding hydrogens is 338 g/mol. The number of nitrogens with two attached hydrogens (primary N) is 1. The van der Waals surface area contributed by atoms with E-state index in [9.17, 15) is 13.2 Å². The van der Waals surface area contributed by atoms with Crippen LogP contribution in [0.15, 0.2) is 29.2 Å². The summed E-state index contributed by atoms with van der Waals surface area (Å²) >= 11 is 0. The van der Waals surface area contributed by atoms with Crippen LogP contribution in [-0.2, 0) is 10.0 Å². The summed E-state index contributed by atoms with van der Waals surface area (Å²) in [5.41, 5.74) is 6.09. The summed E-state index contributed by atoms with van der Waals surface area (Å²) in [5, 5.41) is 0. The summed E-state index contributed by atoms with van der Waals surface area (Å²) in [4.78, 5) is 14.7. The molecule has 1 saturated carbocycles. The average Bonchev–Trinajstić information content (AvgIpc) is 3.07. The van der Waals surface area contributed by atoms with Crippen LogP contribution >= 0.6 is 0 Å². The van der Waals surface area contributed by atoms with E-state index in [0.29, 0.717) is 23.9 Å². The van der Waals surface area contributed by atoms with Crippen LogP contribution < -0.4 is 10.5 Å². The summed E-state index contributed by atoms with van der Waals surface area (Å²) in [6.45, 7) is 6.82. The third-order valence-electron chi connectivity index (χ3n) is 5.05. The van der Waals surface area contributed by atoms with Crippen molar-refractivity contribution in [2.45, 2.75) is 50.1 Å². The third kappa shape index (κ3) is 3.88. The van der Waals surface area contributed by atoms with Crippen molar-refractivity contribution in [2.75, 3.05) is 13.1 Å². The van der Waals surface area contributed by atoms with Gasteiger partial charge in [0.25, 0.3) is 5.91 Å². The second-order valence-corrected chi connectivity index (χ2v) is 9.94. The van der Waals surface area contributed by atoms with Crippen molar-refractivity contribution in [3.05, 3.63) is 29.8 Å². The second kappa shape index (κ2) is 6.37. The Kier molecular flexibility index (Phi) is 4.68. The van der Waals surface area contributed by atoms with E-state index in [1.807, 2.05) is 4.90 Å². The number of nitrogens with zero attached hydrogens (tertiary/aromatic N) is 1. The van der Waals surface area contributed by atoms with E-state index < -0.39 is 15.6 Å². The Morgan fingerprint density at radius 2 is 1.80 bits per heavy atom. The van der Waals surface area contributed by atoms with Gasteiger partial charge in [0.05, 0.1) is 4.90 Å². The molecule has 7 heteroatoms. The van der Waals surface area contributed by atoms with Gasteiger partial charge in [-0.05, 0) is 69.7 Å². The highest BCUT2D eigenvalue weighted by molar-refractivity contribution is 7.89. The number of hydrogen-bond acceptors (Lipinski definition) is 4. The molecular formula is C18H27N3O3S. The van der Waals surface area contributed by atoms with Gasteiger partial charge in [-0.1, -0.05) is 0 Å². The minimum absolute atomic E-state index is 0.0469. The maximum absolute atomic E-state index is 12.7. The van der Waals surface area contributed by atoms with E-state index in [1.54, 1.807) is 32.9 Å². The Bertz CT molecular complexity index is 753.